The summed E-state index contributed by atoms with van der Waals surface area (Å²) < 4.78 is 0. The van der Waals surface area contributed by atoms with Crippen LogP contribution in [0.3, 0.4) is 0 Å². The summed E-state index contributed by atoms with van der Waals surface area (Å²) >= 11 is 0. The van der Waals surface area contributed by atoms with Crippen molar-refractivity contribution in [2.24, 2.45) is 5.92 Å². The van der Waals surface area contributed by atoms with Crippen LogP contribution in [0.15, 0.2) is 42.7 Å². The Labute approximate surface area is 187 Å². The average molecular weight is 430 g/mol. The lowest BCUT2D eigenvalue weighted by molar-refractivity contribution is -0.120. The van der Waals surface area contributed by atoms with Crippen molar-refractivity contribution < 1.29 is 9.59 Å². The van der Waals surface area contributed by atoms with Gasteiger partial charge in [-0.1, -0.05) is 25.0 Å². The van der Waals surface area contributed by atoms with Gasteiger partial charge in [-0.05, 0) is 56.0 Å². The minimum atomic E-state index is -0.0270. The molecule has 1 atom stereocenters. The third-order valence-corrected chi connectivity index (χ3v) is 6.50. The van der Waals surface area contributed by atoms with Crippen LogP contribution in [0.2, 0.25) is 0 Å². The predicted octanol–water partition coefficient (Wildman–Crippen LogP) is 3.68. The number of carbonyl (C=O) groups is 2. The molecule has 2 aliphatic rings. The van der Waals surface area contributed by atoms with Gasteiger partial charge in [0, 0.05) is 35.0 Å². The Morgan fingerprint density at radius 2 is 1.78 bits per heavy atom. The molecule has 164 valence electrons. The van der Waals surface area contributed by atoms with Gasteiger partial charge in [0.15, 0.2) is 5.78 Å². The molecule has 1 saturated carbocycles. The number of Topliss-reactive ketones (excluding diaryl/α,β-unsaturated/α-hetero) is 1. The van der Waals surface area contributed by atoms with E-state index in [1.165, 1.54) is 0 Å². The Balaban J connectivity index is 1.27. The van der Waals surface area contributed by atoms with Gasteiger partial charge in [-0.2, -0.15) is 0 Å². The van der Waals surface area contributed by atoms with Gasteiger partial charge in [0.2, 0.25) is 11.9 Å². The van der Waals surface area contributed by atoms with E-state index < -0.39 is 0 Å². The fraction of sp³-hybridized carbons (Fsp3) is 0.400. The van der Waals surface area contributed by atoms with Crippen molar-refractivity contribution in [3.63, 3.8) is 0 Å². The van der Waals surface area contributed by atoms with Gasteiger partial charge >= 0.3 is 0 Å². The van der Waals surface area contributed by atoms with E-state index in [0.29, 0.717) is 12.4 Å². The van der Waals surface area contributed by atoms with Crippen LogP contribution in [0.25, 0.3) is 22.0 Å². The minimum Gasteiger partial charge on any atom is -0.307 e. The van der Waals surface area contributed by atoms with E-state index in [2.05, 4.69) is 25.6 Å². The zero-order chi connectivity index (χ0) is 21.9. The number of aromatic nitrogens is 3. The molecule has 1 aromatic carbocycles. The van der Waals surface area contributed by atoms with E-state index in [1.807, 2.05) is 30.3 Å². The maximum Gasteiger partial charge on any atom is 0.229 e. The molecule has 0 spiro atoms. The number of hydrogen-bond acceptors (Lipinski definition) is 6. The number of fused-ring (bicyclic) bond motifs is 1. The summed E-state index contributed by atoms with van der Waals surface area (Å²) in [5.41, 5.74) is 3.51. The number of rotatable bonds is 6. The molecule has 1 aliphatic carbocycles. The van der Waals surface area contributed by atoms with Gasteiger partial charge in [0.1, 0.15) is 0 Å². The topological polar surface area (TPSA) is 96.9 Å². The molecule has 7 nitrogen and oxygen atoms in total. The Hall–Kier alpha value is -3.19. The lowest BCUT2D eigenvalue weighted by Gasteiger charge is -2.10. The second kappa shape index (κ2) is 9.12. The van der Waals surface area contributed by atoms with Crippen molar-refractivity contribution in [3.05, 3.63) is 48.4 Å². The first-order valence-corrected chi connectivity index (χ1v) is 11.4. The molecule has 0 radical (unpaired) electrons. The fourth-order valence-corrected chi connectivity index (χ4v) is 4.65. The molecular weight excluding hydrogens is 402 g/mol. The first-order valence-electron chi connectivity index (χ1n) is 11.4. The maximum absolute atomic E-state index is 12.4. The molecule has 3 aromatic rings. The van der Waals surface area contributed by atoms with E-state index in [0.717, 1.165) is 72.8 Å². The van der Waals surface area contributed by atoms with Crippen LogP contribution in [0.5, 0.6) is 0 Å². The largest absolute Gasteiger partial charge is 0.307 e. The molecule has 2 aromatic heterocycles. The molecule has 1 amide bonds. The molecule has 32 heavy (non-hydrogen) atoms. The molecule has 1 saturated heterocycles. The summed E-state index contributed by atoms with van der Waals surface area (Å²) in [7, 11) is 0. The lowest BCUT2D eigenvalue weighted by Crippen LogP contribution is -2.32. The third-order valence-electron chi connectivity index (χ3n) is 6.50. The number of amides is 1. The second-order valence-electron chi connectivity index (χ2n) is 8.77. The number of nitrogens with zero attached hydrogens (tertiary/aromatic N) is 3. The summed E-state index contributed by atoms with van der Waals surface area (Å²) in [5, 5.41) is 7.08. The molecule has 1 aliphatic heterocycles. The quantitative estimate of drug-likeness (QED) is 0.620. The predicted molar refractivity (Wildman–Crippen MR) is 123 cm³/mol. The van der Waals surface area contributed by atoms with E-state index in [4.69, 9.17) is 0 Å². The number of nitrogens with one attached hydrogen (secondary N) is 2. The molecular formula is C25H27N5O2. The first-order chi connectivity index (χ1) is 15.7. The molecule has 0 unspecified atom stereocenters. The lowest BCUT2D eigenvalue weighted by atomic mass is 10.0. The van der Waals surface area contributed by atoms with Crippen molar-refractivity contribution in [1.29, 1.82) is 0 Å². The van der Waals surface area contributed by atoms with Crippen LogP contribution < -0.4 is 10.6 Å². The Morgan fingerprint density at radius 1 is 0.969 bits per heavy atom. The smallest absolute Gasteiger partial charge is 0.229 e. The van der Waals surface area contributed by atoms with Crippen LogP contribution in [0.1, 0.15) is 44.2 Å². The van der Waals surface area contributed by atoms with Crippen LogP contribution >= 0.6 is 0 Å². The number of pyridine rings is 1. The van der Waals surface area contributed by atoms with Crippen molar-refractivity contribution in [2.45, 2.75) is 51.0 Å². The summed E-state index contributed by atoms with van der Waals surface area (Å²) in [6, 6.07) is 9.89. The van der Waals surface area contributed by atoms with E-state index in [1.54, 1.807) is 12.4 Å². The van der Waals surface area contributed by atoms with Crippen molar-refractivity contribution in [3.8, 4) is 11.1 Å². The van der Waals surface area contributed by atoms with Crippen molar-refractivity contribution in [2.75, 3.05) is 11.9 Å². The number of carbonyl (C=O) groups excluding carboxylic acids is 2. The molecule has 3 heterocycles. The molecule has 2 fully saturated rings. The highest BCUT2D eigenvalue weighted by molar-refractivity contribution is 5.91. The number of hydrogen-bond donors (Lipinski definition) is 2. The Kier molecular flexibility index (Phi) is 5.90. The summed E-state index contributed by atoms with van der Waals surface area (Å²) in [6.07, 6.45) is 9.92. The standard InChI is InChI=1S/C25H27N5O2/c31-23(22-6-3-11-26-22)13-20-9-7-18-12-17(8-10-21(18)29-20)19-14-27-25(28-15-19)30-24(32)16-4-1-2-5-16/h7-10,12,14-16,22,26H,1-6,11,13H2,(H,27,28,30,32)/t22-/m0/s1. The van der Waals surface area contributed by atoms with Gasteiger partial charge in [-0.3, -0.25) is 19.9 Å². The SMILES string of the molecule is O=C(Nc1ncc(-c2ccc3nc(CC(=O)[C@@H]4CCCN4)ccc3c2)cn1)C1CCCC1. The van der Waals surface area contributed by atoms with Crippen LogP contribution in [0.4, 0.5) is 5.95 Å². The van der Waals surface area contributed by atoms with Crippen LogP contribution in [-0.4, -0.2) is 39.2 Å². The monoisotopic (exact) mass is 429 g/mol. The van der Waals surface area contributed by atoms with Gasteiger partial charge in [-0.25, -0.2) is 9.97 Å². The molecule has 7 heteroatoms. The normalized spacial score (nSPS) is 18.8. The fourth-order valence-electron chi connectivity index (χ4n) is 4.65. The molecule has 2 N–H and O–H groups in total. The summed E-state index contributed by atoms with van der Waals surface area (Å²) in [6.45, 7) is 0.919. The first kappa shape index (κ1) is 20.7. The van der Waals surface area contributed by atoms with E-state index in [-0.39, 0.29) is 23.7 Å². The van der Waals surface area contributed by atoms with Gasteiger partial charge in [0.05, 0.1) is 18.0 Å². The van der Waals surface area contributed by atoms with Crippen molar-refractivity contribution >= 4 is 28.5 Å². The molecule has 5 rings (SSSR count). The van der Waals surface area contributed by atoms with Crippen LogP contribution in [-0.2, 0) is 16.0 Å². The maximum atomic E-state index is 12.4. The molecule has 0 bridgehead atoms. The Morgan fingerprint density at radius 3 is 2.53 bits per heavy atom. The van der Waals surface area contributed by atoms with E-state index >= 15 is 0 Å². The van der Waals surface area contributed by atoms with Gasteiger partial charge in [0.25, 0.3) is 0 Å². The number of ketones is 1. The van der Waals surface area contributed by atoms with Gasteiger partial charge < -0.3 is 5.32 Å². The highest BCUT2D eigenvalue weighted by atomic mass is 16.2. The van der Waals surface area contributed by atoms with Gasteiger partial charge in [-0.15, -0.1) is 0 Å². The van der Waals surface area contributed by atoms with E-state index in [9.17, 15) is 9.59 Å². The highest BCUT2D eigenvalue weighted by Gasteiger charge is 2.23. The zero-order valence-corrected chi connectivity index (χ0v) is 18.0. The Bertz CT molecular complexity index is 1130. The number of anilines is 1. The zero-order valence-electron chi connectivity index (χ0n) is 18.0. The van der Waals surface area contributed by atoms with Crippen LogP contribution in [0, 0.1) is 5.92 Å². The average Bonchev–Trinajstić information content (AvgIpc) is 3.54. The summed E-state index contributed by atoms with van der Waals surface area (Å²) in [5.74, 6) is 0.660. The third kappa shape index (κ3) is 4.53. The summed E-state index contributed by atoms with van der Waals surface area (Å²) in [4.78, 5) is 38.0. The van der Waals surface area contributed by atoms with Crippen molar-refractivity contribution in [1.82, 2.24) is 20.3 Å². The highest BCUT2D eigenvalue weighted by Crippen LogP contribution is 2.26. The minimum absolute atomic E-state index is 0.0185. The number of benzene rings is 1. The second-order valence-corrected chi connectivity index (χ2v) is 8.77.